The molecule has 2 atom stereocenters. The fourth-order valence-electron chi connectivity index (χ4n) is 3.31. The summed E-state index contributed by atoms with van der Waals surface area (Å²) in [6.07, 6.45) is 8.30. The van der Waals surface area contributed by atoms with Gasteiger partial charge in [-0.2, -0.15) is 0 Å². The van der Waals surface area contributed by atoms with Crippen molar-refractivity contribution in [3.8, 4) is 0 Å². The van der Waals surface area contributed by atoms with Crippen LogP contribution in [-0.4, -0.2) is 12.6 Å². The molecule has 0 radical (unpaired) electrons. The first-order chi connectivity index (χ1) is 7.99. The lowest BCUT2D eigenvalue weighted by molar-refractivity contribution is 0.127. The first-order valence-corrected chi connectivity index (χ1v) is 7.72. The zero-order chi connectivity index (χ0) is 12.9. The largest absolute Gasteiger partial charge is 0.313 e. The van der Waals surface area contributed by atoms with Crippen LogP contribution in [-0.2, 0) is 0 Å². The smallest absolute Gasteiger partial charge is 0.0100 e. The van der Waals surface area contributed by atoms with Gasteiger partial charge in [-0.15, -0.1) is 0 Å². The van der Waals surface area contributed by atoms with Crippen molar-refractivity contribution in [2.24, 2.45) is 17.3 Å². The molecule has 0 aromatic heterocycles. The lowest BCUT2D eigenvalue weighted by Crippen LogP contribution is -2.45. The Bertz CT molecular complexity index is 200. The molecule has 1 aliphatic carbocycles. The Morgan fingerprint density at radius 1 is 1.06 bits per heavy atom. The van der Waals surface area contributed by atoms with E-state index in [9.17, 15) is 0 Å². The lowest BCUT2D eigenvalue weighted by Gasteiger charge is -2.41. The van der Waals surface area contributed by atoms with Gasteiger partial charge in [-0.25, -0.2) is 0 Å². The van der Waals surface area contributed by atoms with Crippen LogP contribution in [0.25, 0.3) is 0 Å². The van der Waals surface area contributed by atoms with E-state index in [0.717, 1.165) is 17.9 Å². The highest BCUT2D eigenvalue weighted by atomic mass is 14.9. The van der Waals surface area contributed by atoms with E-state index in [4.69, 9.17) is 0 Å². The van der Waals surface area contributed by atoms with E-state index in [1.807, 2.05) is 0 Å². The van der Waals surface area contributed by atoms with Crippen molar-refractivity contribution in [1.82, 2.24) is 5.32 Å². The highest BCUT2D eigenvalue weighted by Gasteiger charge is 2.33. The van der Waals surface area contributed by atoms with Crippen LogP contribution < -0.4 is 5.32 Å². The van der Waals surface area contributed by atoms with E-state index in [1.54, 1.807) is 0 Å². The molecule has 0 saturated heterocycles. The van der Waals surface area contributed by atoms with Crippen LogP contribution in [0, 0.1) is 17.3 Å². The van der Waals surface area contributed by atoms with E-state index in [1.165, 1.54) is 45.1 Å². The molecule has 17 heavy (non-hydrogen) atoms. The standard InChI is InChI=1S/C16H33N/c1-6-13(7-2)12-17-15-11-9-8-10-14(15)16(3,4)5/h13-15,17H,6-12H2,1-5H3. The molecule has 0 aromatic rings. The van der Waals surface area contributed by atoms with Gasteiger partial charge in [0.25, 0.3) is 0 Å². The molecule has 0 bridgehead atoms. The fraction of sp³-hybridized carbons (Fsp3) is 1.00. The topological polar surface area (TPSA) is 12.0 Å². The third-order valence-electron chi connectivity index (χ3n) is 4.70. The van der Waals surface area contributed by atoms with Gasteiger partial charge >= 0.3 is 0 Å². The van der Waals surface area contributed by atoms with Crippen molar-refractivity contribution in [2.75, 3.05) is 6.54 Å². The van der Waals surface area contributed by atoms with Crippen molar-refractivity contribution in [3.63, 3.8) is 0 Å². The number of nitrogens with one attached hydrogen (secondary N) is 1. The van der Waals surface area contributed by atoms with Crippen LogP contribution in [0.3, 0.4) is 0 Å². The Morgan fingerprint density at radius 3 is 2.18 bits per heavy atom. The van der Waals surface area contributed by atoms with E-state index >= 15 is 0 Å². The first kappa shape index (κ1) is 15.0. The Kier molecular flexibility index (Phi) is 5.99. The van der Waals surface area contributed by atoms with Crippen LogP contribution in [0.4, 0.5) is 0 Å². The molecule has 1 aliphatic rings. The first-order valence-electron chi connectivity index (χ1n) is 7.72. The quantitative estimate of drug-likeness (QED) is 0.738. The maximum absolute atomic E-state index is 3.88. The summed E-state index contributed by atoms with van der Waals surface area (Å²) in [5.41, 5.74) is 0.464. The van der Waals surface area contributed by atoms with Gasteiger partial charge in [0, 0.05) is 6.04 Å². The molecule has 1 heteroatoms. The third kappa shape index (κ3) is 4.62. The molecule has 102 valence electrons. The van der Waals surface area contributed by atoms with Gasteiger partial charge in [0.05, 0.1) is 0 Å². The summed E-state index contributed by atoms with van der Waals surface area (Å²) in [7, 11) is 0. The minimum Gasteiger partial charge on any atom is -0.313 e. The Morgan fingerprint density at radius 2 is 1.65 bits per heavy atom. The average molecular weight is 239 g/mol. The zero-order valence-corrected chi connectivity index (χ0v) is 12.7. The Hall–Kier alpha value is -0.0400. The number of rotatable bonds is 5. The second-order valence-corrected chi connectivity index (χ2v) is 6.95. The number of hydrogen-bond acceptors (Lipinski definition) is 1. The van der Waals surface area contributed by atoms with Crippen molar-refractivity contribution in [3.05, 3.63) is 0 Å². The monoisotopic (exact) mass is 239 g/mol. The summed E-state index contributed by atoms with van der Waals surface area (Å²) in [4.78, 5) is 0. The molecule has 1 N–H and O–H groups in total. The number of hydrogen-bond donors (Lipinski definition) is 1. The molecular weight excluding hydrogens is 206 g/mol. The molecular formula is C16H33N. The summed E-state index contributed by atoms with van der Waals surface area (Å²) in [6.45, 7) is 13.1. The summed E-state index contributed by atoms with van der Waals surface area (Å²) in [5.74, 6) is 1.74. The Labute approximate surface area is 109 Å². The fourth-order valence-corrected chi connectivity index (χ4v) is 3.31. The highest BCUT2D eigenvalue weighted by molar-refractivity contribution is 4.88. The molecule has 0 aliphatic heterocycles. The van der Waals surface area contributed by atoms with Crippen LogP contribution >= 0.6 is 0 Å². The van der Waals surface area contributed by atoms with Crippen molar-refractivity contribution >= 4 is 0 Å². The van der Waals surface area contributed by atoms with Gasteiger partial charge in [-0.3, -0.25) is 0 Å². The van der Waals surface area contributed by atoms with Gasteiger partial charge in [0.1, 0.15) is 0 Å². The molecule has 1 fully saturated rings. The van der Waals surface area contributed by atoms with Crippen LogP contribution in [0.2, 0.25) is 0 Å². The average Bonchev–Trinajstić information content (AvgIpc) is 2.29. The SMILES string of the molecule is CCC(CC)CNC1CCCCC1C(C)(C)C. The van der Waals surface area contributed by atoms with Crippen LogP contribution in [0.15, 0.2) is 0 Å². The van der Waals surface area contributed by atoms with Crippen molar-refractivity contribution in [1.29, 1.82) is 0 Å². The molecule has 0 spiro atoms. The molecule has 0 amide bonds. The van der Waals surface area contributed by atoms with Gasteiger partial charge in [-0.05, 0) is 36.6 Å². The maximum atomic E-state index is 3.88. The minimum absolute atomic E-state index is 0.464. The van der Waals surface area contributed by atoms with E-state index < -0.39 is 0 Å². The highest BCUT2D eigenvalue weighted by Crippen LogP contribution is 2.38. The van der Waals surface area contributed by atoms with Gasteiger partial charge in [0.15, 0.2) is 0 Å². The van der Waals surface area contributed by atoms with Crippen LogP contribution in [0.1, 0.15) is 73.1 Å². The summed E-state index contributed by atoms with van der Waals surface area (Å²) in [5, 5.41) is 3.88. The van der Waals surface area contributed by atoms with Crippen molar-refractivity contribution < 1.29 is 0 Å². The second kappa shape index (κ2) is 6.78. The second-order valence-electron chi connectivity index (χ2n) is 6.95. The van der Waals surface area contributed by atoms with Gasteiger partial charge in [0.2, 0.25) is 0 Å². The maximum Gasteiger partial charge on any atom is 0.0100 e. The van der Waals surface area contributed by atoms with Gasteiger partial charge < -0.3 is 5.32 Å². The van der Waals surface area contributed by atoms with Crippen LogP contribution in [0.5, 0.6) is 0 Å². The molecule has 2 unspecified atom stereocenters. The van der Waals surface area contributed by atoms with Crippen molar-refractivity contribution in [2.45, 2.75) is 79.2 Å². The molecule has 1 saturated carbocycles. The molecule has 0 heterocycles. The van der Waals surface area contributed by atoms with E-state index in [2.05, 4.69) is 39.9 Å². The predicted octanol–water partition coefficient (Wildman–Crippen LogP) is 4.62. The van der Waals surface area contributed by atoms with E-state index in [-0.39, 0.29) is 0 Å². The zero-order valence-electron chi connectivity index (χ0n) is 12.7. The summed E-state index contributed by atoms with van der Waals surface area (Å²) < 4.78 is 0. The summed E-state index contributed by atoms with van der Waals surface area (Å²) >= 11 is 0. The minimum atomic E-state index is 0.464. The predicted molar refractivity (Wildman–Crippen MR) is 77.3 cm³/mol. The lowest BCUT2D eigenvalue weighted by atomic mass is 9.69. The van der Waals surface area contributed by atoms with Gasteiger partial charge in [-0.1, -0.05) is 60.3 Å². The summed E-state index contributed by atoms with van der Waals surface area (Å²) in [6, 6.07) is 0.768. The van der Waals surface area contributed by atoms with E-state index in [0.29, 0.717) is 5.41 Å². The molecule has 1 rings (SSSR count). The molecule has 0 aromatic carbocycles. The normalized spacial score (nSPS) is 26.5. The third-order valence-corrected chi connectivity index (χ3v) is 4.70. The Balaban J connectivity index is 2.48. The molecule has 1 nitrogen and oxygen atoms in total.